The fourth-order valence-electron chi connectivity index (χ4n) is 12.4. The number of anilines is 8. The summed E-state index contributed by atoms with van der Waals surface area (Å²) in [6.45, 7) is 14.0. The maximum atomic E-state index is 7.14. The van der Waals surface area contributed by atoms with Crippen LogP contribution in [0.3, 0.4) is 0 Å². The van der Waals surface area contributed by atoms with E-state index in [0.717, 1.165) is 106 Å². The molecule has 0 aliphatic carbocycles. The first-order valence-electron chi connectivity index (χ1n) is 29.6. The molecular formula is C80H65BN3O. The van der Waals surface area contributed by atoms with Crippen LogP contribution >= 0.6 is 0 Å². The Morgan fingerprint density at radius 1 is 0.388 bits per heavy atom. The highest BCUT2D eigenvalue weighted by molar-refractivity contribution is 6.74. The summed E-state index contributed by atoms with van der Waals surface area (Å²) in [5, 5.41) is 6.10. The molecule has 12 aromatic carbocycles. The van der Waals surface area contributed by atoms with E-state index in [4.69, 9.17) is 4.42 Å². The lowest BCUT2D eigenvalue weighted by Crippen LogP contribution is -2.42. The molecule has 5 heteroatoms. The van der Waals surface area contributed by atoms with Gasteiger partial charge in [0.25, 0.3) is 0 Å². The van der Waals surface area contributed by atoms with Crippen molar-refractivity contribution in [3.8, 4) is 55.6 Å². The van der Waals surface area contributed by atoms with Gasteiger partial charge in [-0.1, -0.05) is 247 Å². The van der Waals surface area contributed by atoms with Gasteiger partial charge in [0, 0.05) is 50.8 Å². The van der Waals surface area contributed by atoms with Crippen molar-refractivity contribution >= 4 is 85.6 Å². The van der Waals surface area contributed by atoms with Gasteiger partial charge in [0.1, 0.15) is 11.2 Å². The highest BCUT2D eigenvalue weighted by atomic mass is 16.3. The zero-order chi connectivity index (χ0) is 57.8. The van der Waals surface area contributed by atoms with E-state index in [9.17, 15) is 0 Å². The fraction of sp³-hybridized carbons (Fsp3) is 0.100. The van der Waals surface area contributed by atoms with Crippen molar-refractivity contribution in [1.82, 2.24) is 0 Å². The van der Waals surface area contributed by atoms with E-state index in [0.29, 0.717) is 0 Å². The molecule has 409 valence electrons. The molecule has 0 spiro atoms. The van der Waals surface area contributed by atoms with Crippen molar-refractivity contribution in [3.05, 3.63) is 290 Å². The number of benzene rings is 12. The Balaban J connectivity index is 1.03. The van der Waals surface area contributed by atoms with E-state index in [1.54, 1.807) is 0 Å². The van der Waals surface area contributed by atoms with E-state index in [1.165, 1.54) is 38.9 Å². The smallest absolute Gasteiger partial charge is 0.197 e. The Labute approximate surface area is 500 Å². The van der Waals surface area contributed by atoms with Crippen molar-refractivity contribution < 1.29 is 4.42 Å². The van der Waals surface area contributed by atoms with Gasteiger partial charge in [0.05, 0.1) is 11.1 Å². The summed E-state index contributed by atoms with van der Waals surface area (Å²) in [6, 6.07) is 101. The summed E-state index contributed by atoms with van der Waals surface area (Å²) in [5.41, 5.74) is 25.9. The second-order valence-electron chi connectivity index (χ2n) is 24.5. The van der Waals surface area contributed by atoms with Crippen LogP contribution in [0.15, 0.2) is 283 Å². The van der Waals surface area contributed by atoms with Gasteiger partial charge in [0.15, 0.2) is 7.28 Å². The van der Waals surface area contributed by atoms with Gasteiger partial charge in [-0.25, -0.2) is 0 Å². The molecule has 1 N–H and O–H groups in total. The predicted octanol–water partition coefficient (Wildman–Crippen LogP) is 21.2. The van der Waals surface area contributed by atoms with Crippen LogP contribution in [0.5, 0.6) is 0 Å². The average Bonchev–Trinajstić information content (AvgIpc) is 1.91. The number of nitrogens with zero attached hydrogens (tertiary/aromatic N) is 2. The Hall–Kier alpha value is -10.1. The maximum Gasteiger partial charge on any atom is 0.197 e. The third-order valence-electron chi connectivity index (χ3n) is 16.8. The SMILES string of the molecule is CC(C)(C)c1ccc(N2c3cc(N(c4ccc(-c5ccccc5)cc4)c4ccc(-c5ccccc5)cc4)ccc3[B]c3c(-c4cc(-c5ccccc5)ccc4Nc4cccc(-c5ccccc5)c4)cc4oc5ccccc5c4c32)c(C(C)(C)C)c1. The molecule has 0 saturated heterocycles. The second-order valence-corrected chi connectivity index (χ2v) is 24.5. The first-order valence-corrected chi connectivity index (χ1v) is 29.6. The third-order valence-corrected chi connectivity index (χ3v) is 16.8. The number of nitrogens with one attached hydrogen (secondary N) is 1. The lowest BCUT2D eigenvalue weighted by molar-refractivity contribution is 0.569. The van der Waals surface area contributed by atoms with Crippen molar-refractivity contribution in [2.24, 2.45) is 0 Å². The lowest BCUT2D eigenvalue weighted by Gasteiger charge is -2.39. The van der Waals surface area contributed by atoms with Gasteiger partial charge >= 0.3 is 0 Å². The van der Waals surface area contributed by atoms with Crippen molar-refractivity contribution in [1.29, 1.82) is 0 Å². The number of rotatable bonds is 11. The Kier molecular flexibility index (Phi) is 13.4. The van der Waals surface area contributed by atoms with E-state index in [1.807, 2.05) is 0 Å². The molecule has 0 saturated carbocycles. The quantitative estimate of drug-likeness (QED) is 0.131. The molecule has 1 aromatic heterocycles. The highest BCUT2D eigenvalue weighted by Gasteiger charge is 2.36. The molecule has 0 unspecified atom stereocenters. The van der Waals surface area contributed by atoms with Crippen LogP contribution in [0.2, 0.25) is 0 Å². The predicted molar refractivity (Wildman–Crippen MR) is 362 cm³/mol. The van der Waals surface area contributed by atoms with Crippen LogP contribution in [-0.2, 0) is 10.8 Å². The number of para-hydroxylation sites is 1. The zero-order valence-corrected chi connectivity index (χ0v) is 48.9. The monoisotopic (exact) mass is 1090 g/mol. The van der Waals surface area contributed by atoms with E-state index >= 15 is 0 Å². The third kappa shape index (κ3) is 10.2. The van der Waals surface area contributed by atoms with Crippen LogP contribution in [0.1, 0.15) is 52.7 Å². The zero-order valence-electron chi connectivity index (χ0n) is 48.9. The molecule has 4 nitrogen and oxygen atoms in total. The molecule has 0 atom stereocenters. The molecule has 1 aliphatic rings. The van der Waals surface area contributed by atoms with Crippen LogP contribution in [0.4, 0.5) is 45.5 Å². The highest BCUT2D eigenvalue weighted by Crippen LogP contribution is 2.51. The normalized spacial score (nSPS) is 12.2. The minimum Gasteiger partial charge on any atom is -0.456 e. The largest absolute Gasteiger partial charge is 0.456 e. The topological polar surface area (TPSA) is 31.6 Å². The summed E-state index contributed by atoms with van der Waals surface area (Å²) in [4.78, 5) is 4.99. The van der Waals surface area contributed by atoms with Gasteiger partial charge in [-0.2, -0.15) is 0 Å². The molecule has 1 aliphatic heterocycles. The number of furan rings is 1. The number of fused-ring (bicyclic) bond motifs is 6. The minimum atomic E-state index is -0.257. The molecular weight excluding hydrogens is 1030 g/mol. The lowest BCUT2D eigenvalue weighted by atomic mass is 9.57. The van der Waals surface area contributed by atoms with Crippen LogP contribution in [0.25, 0.3) is 77.6 Å². The first kappa shape index (κ1) is 52.9. The Bertz CT molecular complexity index is 4500. The summed E-state index contributed by atoms with van der Waals surface area (Å²) in [7, 11) is 2.43. The fourth-order valence-corrected chi connectivity index (χ4v) is 12.4. The first-order chi connectivity index (χ1) is 41.4. The number of hydrogen-bond acceptors (Lipinski definition) is 4. The van der Waals surface area contributed by atoms with Gasteiger partial charge in [-0.3, -0.25) is 0 Å². The van der Waals surface area contributed by atoms with Crippen LogP contribution in [-0.4, -0.2) is 7.28 Å². The van der Waals surface area contributed by atoms with Crippen molar-refractivity contribution in [2.75, 3.05) is 15.1 Å². The van der Waals surface area contributed by atoms with Gasteiger partial charge < -0.3 is 19.5 Å². The molecule has 14 rings (SSSR count). The maximum absolute atomic E-state index is 7.14. The van der Waals surface area contributed by atoms with E-state index in [2.05, 4.69) is 343 Å². The summed E-state index contributed by atoms with van der Waals surface area (Å²) < 4.78 is 7.14. The molecule has 13 aromatic rings. The molecule has 2 heterocycles. The molecule has 1 radical (unpaired) electrons. The Morgan fingerprint density at radius 3 is 1.49 bits per heavy atom. The second kappa shape index (κ2) is 21.6. The van der Waals surface area contributed by atoms with Crippen molar-refractivity contribution in [3.63, 3.8) is 0 Å². The summed E-state index contributed by atoms with van der Waals surface area (Å²) in [5.74, 6) is 0. The Morgan fingerprint density at radius 2 is 0.906 bits per heavy atom. The van der Waals surface area contributed by atoms with Gasteiger partial charge in [0.2, 0.25) is 0 Å². The average molecular weight is 1100 g/mol. The van der Waals surface area contributed by atoms with E-state index in [-0.39, 0.29) is 10.8 Å². The van der Waals surface area contributed by atoms with Crippen LogP contribution in [0, 0.1) is 0 Å². The summed E-state index contributed by atoms with van der Waals surface area (Å²) in [6.07, 6.45) is 0. The molecule has 0 fully saturated rings. The molecule has 0 bridgehead atoms. The standard InChI is InChI=1S/C80H65BN3O/c1-79(2,3)61-39-47-72(69(50-61)80(4,5)6)84-73-51-65(83(63-40-34-57(35-41-63)53-22-11-7-12-23-53)64-42-36-58(37-43-64)54-24-13-8-14-25-54)44-45-70(73)81-77-68(52-75-76(78(77)84)66-32-19-20-33-74(66)85-75)67-49-60(56-28-17-10-18-29-56)38-46-71(67)82-62-31-21-30-59(48-62)55-26-15-9-16-27-55/h7-52,82H,1-6H3. The van der Waals surface area contributed by atoms with Gasteiger partial charge in [-0.05, 0) is 156 Å². The minimum absolute atomic E-state index is 0.0845. The van der Waals surface area contributed by atoms with Crippen molar-refractivity contribution in [2.45, 2.75) is 52.4 Å². The van der Waals surface area contributed by atoms with Gasteiger partial charge in [-0.15, -0.1) is 0 Å². The number of hydrogen-bond donors (Lipinski definition) is 1. The summed E-state index contributed by atoms with van der Waals surface area (Å²) >= 11 is 0. The van der Waals surface area contributed by atoms with E-state index < -0.39 is 0 Å². The molecule has 0 amide bonds. The van der Waals surface area contributed by atoms with Crippen LogP contribution < -0.4 is 26.0 Å². The molecule has 85 heavy (non-hydrogen) atoms.